The summed E-state index contributed by atoms with van der Waals surface area (Å²) in [5, 5.41) is 3.22. The summed E-state index contributed by atoms with van der Waals surface area (Å²) in [5.41, 5.74) is 0.196. The summed E-state index contributed by atoms with van der Waals surface area (Å²) < 4.78 is 5.95. The Morgan fingerprint density at radius 2 is 2.05 bits per heavy atom. The van der Waals surface area contributed by atoms with Gasteiger partial charge in [-0.1, -0.05) is 13.8 Å². The van der Waals surface area contributed by atoms with Gasteiger partial charge in [-0.3, -0.25) is 4.79 Å². The molecule has 1 aliphatic carbocycles. The third kappa shape index (κ3) is 3.66. The number of carbonyl (C=O) groups excluding carboxylic acids is 1. The third-order valence-electron chi connectivity index (χ3n) is 4.97. The first kappa shape index (κ1) is 15.2. The highest BCUT2D eigenvalue weighted by atomic mass is 32.1. The zero-order chi connectivity index (χ0) is 13.9. The highest BCUT2D eigenvalue weighted by Crippen LogP contribution is 2.49. The van der Waals surface area contributed by atoms with E-state index in [2.05, 4.69) is 31.8 Å². The van der Waals surface area contributed by atoms with Gasteiger partial charge in [0.1, 0.15) is 0 Å². The molecule has 1 amide bonds. The van der Waals surface area contributed by atoms with E-state index in [1.54, 1.807) is 0 Å². The summed E-state index contributed by atoms with van der Waals surface area (Å²) >= 11 is 4.36. The number of rotatable bonds is 6. The highest BCUT2D eigenvalue weighted by molar-refractivity contribution is 7.80. The van der Waals surface area contributed by atoms with Crippen molar-refractivity contribution in [1.29, 1.82) is 0 Å². The van der Waals surface area contributed by atoms with Crippen LogP contribution in [0.3, 0.4) is 0 Å². The molecule has 110 valence electrons. The molecule has 1 saturated heterocycles. The Balaban J connectivity index is 1.83. The highest BCUT2D eigenvalue weighted by Gasteiger charge is 2.43. The van der Waals surface area contributed by atoms with Crippen LogP contribution in [0, 0.1) is 5.41 Å². The van der Waals surface area contributed by atoms with Gasteiger partial charge in [0, 0.05) is 19.1 Å². The van der Waals surface area contributed by atoms with E-state index in [0.717, 1.165) is 50.9 Å². The smallest absolute Gasteiger partial charge is 0.220 e. The van der Waals surface area contributed by atoms with E-state index in [4.69, 9.17) is 4.74 Å². The Morgan fingerprint density at radius 1 is 1.37 bits per heavy atom. The Labute approximate surface area is 122 Å². The lowest BCUT2D eigenvalue weighted by Crippen LogP contribution is -2.48. The maximum Gasteiger partial charge on any atom is 0.220 e. The molecule has 1 aliphatic heterocycles. The van der Waals surface area contributed by atoms with Crippen LogP contribution in [0.15, 0.2) is 0 Å². The average Bonchev–Trinajstić information content (AvgIpc) is 3.19. The zero-order valence-corrected chi connectivity index (χ0v) is 13.1. The van der Waals surface area contributed by atoms with Gasteiger partial charge in [-0.05, 0) is 49.7 Å². The fourth-order valence-electron chi connectivity index (χ4n) is 3.08. The SMILES string of the molecule is CCC1(CC)CC(NC(=O)CC2(CS)CC2)CCO1. The summed E-state index contributed by atoms with van der Waals surface area (Å²) in [6, 6.07) is 0.289. The van der Waals surface area contributed by atoms with Gasteiger partial charge >= 0.3 is 0 Å². The second kappa shape index (κ2) is 6.04. The van der Waals surface area contributed by atoms with Crippen LogP contribution in [0.2, 0.25) is 0 Å². The van der Waals surface area contributed by atoms with Gasteiger partial charge in [-0.25, -0.2) is 0 Å². The molecule has 0 aromatic carbocycles. The fourth-order valence-corrected chi connectivity index (χ4v) is 3.51. The minimum absolute atomic E-state index is 0.0169. The zero-order valence-electron chi connectivity index (χ0n) is 12.2. The van der Waals surface area contributed by atoms with Crippen LogP contribution in [0.4, 0.5) is 0 Å². The van der Waals surface area contributed by atoms with Gasteiger partial charge in [0.05, 0.1) is 5.60 Å². The molecule has 1 atom stereocenters. The van der Waals surface area contributed by atoms with Gasteiger partial charge < -0.3 is 10.1 Å². The topological polar surface area (TPSA) is 38.3 Å². The van der Waals surface area contributed by atoms with E-state index in [-0.39, 0.29) is 23.0 Å². The molecule has 0 bridgehead atoms. The van der Waals surface area contributed by atoms with Crippen LogP contribution in [0.1, 0.15) is 58.8 Å². The monoisotopic (exact) mass is 285 g/mol. The predicted octanol–water partition coefficient (Wildman–Crippen LogP) is 2.94. The van der Waals surface area contributed by atoms with Crippen LogP contribution in [-0.4, -0.2) is 29.9 Å². The Hall–Kier alpha value is -0.220. The third-order valence-corrected chi connectivity index (χ3v) is 5.65. The largest absolute Gasteiger partial charge is 0.375 e. The van der Waals surface area contributed by atoms with Crippen molar-refractivity contribution >= 4 is 18.5 Å². The summed E-state index contributed by atoms with van der Waals surface area (Å²) in [5.74, 6) is 1.04. The van der Waals surface area contributed by atoms with Crippen molar-refractivity contribution in [3.05, 3.63) is 0 Å². The first-order valence-electron chi connectivity index (χ1n) is 7.61. The van der Waals surface area contributed by atoms with Crippen LogP contribution >= 0.6 is 12.6 Å². The van der Waals surface area contributed by atoms with E-state index in [9.17, 15) is 4.79 Å². The first-order valence-corrected chi connectivity index (χ1v) is 8.24. The second-order valence-corrected chi connectivity index (χ2v) is 6.65. The Kier molecular flexibility index (Phi) is 4.83. The summed E-state index contributed by atoms with van der Waals surface area (Å²) in [6.45, 7) is 5.12. The van der Waals surface area contributed by atoms with E-state index in [1.807, 2.05) is 0 Å². The number of carbonyl (C=O) groups is 1. The standard InChI is InChI=1S/C15H27NO2S/c1-3-15(4-2)9-12(5-8-18-15)16-13(17)10-14(11-19)6-7-14/h12,19H,3-11H2,1-2H3,(H,16,17). The van der Waals surface area contributed by atoms with Crippen molar-refractivity contribution in [3.8, 4) is 0 Å². The molecule has 1 heterocycles. The van der Waals surface area contributed by atoms with Crippen molar-refractivity contribution in [2.24, 2.45) is 5.41 Å². The molecule has 0 radical (unpaired) electrons. The molecular weight excluding hydrogens is 258 g/mol. The van der Waals surface area contributed by atoms with Crippen molar-refractivity contribution in [2.75, 3.05) is 12.4 Å². The van der Waals surface area contributed by atoms with Crippen LogP contribution < -0.4 is 5.32 Å². The summed E-state index contributed by atoms with van der Waals surface area (Å²) in [4.78, 5) is 12.1. The van der Waals surface area contributed by atoms with Crippen LogP contribution in [0.5, 0.6) is 0 Å². The molecule has 3 nitrogen and oxygen atoms in total. The molecule has 2 aliphatic rings. The first-order chi connectivity index (χ1) is 9.07. The lowest BCUT2D eigenvalue weighted by Gasteiger charge is -2.40. The van der Waals surface area contributed by atoms with Gasteiger partial charge in [0.2, 0.25) is 5.91 Å². The number of nitrogens with one attached hydrogen (secondary N) is 1. The average molecular weight is 285 g/mol. The molecule has 2 rings (SSSR count). The van der Waals surface area contributed by atoms with Crippen LogP contribution in [0.25, 0.3) is 0 Å². The Bertz CT molecular complexity index is 324. The molecule has 0 spiro atoms. The molecule has 1 unspecified atom stereocenters. The summed E-state index contributed by atoms with van der Waals surface area (Å²) in [7, 11) is 0. The Morgan fingerprint density at radius 3 is 2.58 bits per heavy atom. The quantitative estimate of drug-likeness (QED) is 0.736. The molecule has 19 heavy (non-hydrogen) atoms. The lowest BCUT2D eigenvalue weighted by molar-refractivity contribution is -0.127. The van der Waals surface area contributed by atoms with Crippen molar-refractivity contribution < 1.29 is 9.53 Å². The molecular formula is C15H27NO2S. The number of hydrogen-bond donors (Lipinski definition) is 2. The van der Waals surface area contributed by atoms with Crippen LogP contribution in [-0.2, 0) is 9.53 Å². The molecule has 0 aromatic heterocycles. The number of hydrogen-bond acceptors (Lipinski definition) is 3. The van der Waals surface area contributed by atoms with Crippen molar-refractivity contribution in [2.45, 2.75) is 70.4 Å². The van der Waals surface area contributed by atoms with Gasteiger partial charge in [-0.15, -0.1) is 0 Å². The second-order valence-electron chi connectivity index (χ2n) is 6.33. The predicted molar refractivity (Wildman–Crippen MR) is 80.6 cm³/mol. The maximum absolute atomic E-state index is 12.1. The van der Waals surface area contributed by atoms with Gasteiger partial charge in [-0.2, -0.15) is 12.6 Å². The van der Waals surface area contributed by atoms with E-state index < -0.39 is 0 Å². The van der Waals surface area contributed by atoms with E-state index >= 15 is 0 Å². The van der Waals surface area contributed by atoms with Crippen molar-refractivity contribution in [1.82, 2.24) is 5.32 Å². The minimum Gasteiger partial charge on any atom is -0.375 e. The molecule has 0 aromatic rings. The van der Waals surface area contributed by atoms with E-state index in [0.29, 0.717) is 6.42 Å². The number of amides is 1. The molecule has 1 N–H and O–H groups in total. The fraction of sp³-hybridized carbons (Fsp3) is 0.933. The maximum atomic E-state index is 12.1. The lowest BCUT2D eigenvalue weighted by atomic mass is 9.86. The molecule has 1 saturated carbocycles. The van der Waals surface area contributed by atoms with E-state index in [1.165, 1.54) is 0 Å². The van der Waals surface area contributed by atoms with Gasteiger partial charge in [0.15, 0.2) is 0 Å². The van der Waals surface area contributed by atoms with Crippen molar-refractivity contribution in [3.63, 3.8) is 0 Å². The normalized spacial score (nSPS) is 27.8. The number of ether oxygens (including phenoxy) is 1. The van der Waals surface area contributed by atoms with Gasteiger partial charge in [0.25, 0.3) is 0 Å². The molecule has 2 fully saturated rings. The minimum atomic E-state index is -0.0169. The molecule has 4 heteroatoms. The number of thiol groups is 1. The summed E-state index contributed by atoms with van der Waals surface area (Å²) in [6.07, 6.45) is 6.92.